The highest BCUT2D eigenvalue weighted by molar-refractivity contribution is 4.98. The number of ether oxygens (including phenoxy) is 15. The Kier molecular flexibility index (Phi) is 16.1. The quantitative estimate of drug-likeness (QED) is 0.214. The molecule has 3 heterocycles. The van der Waals surface area contributed by atoms with E-state index in [1.807, 2.05) is 6.92 Å². The van der Waals surface area contributed by atoms with Crippen LogP contribution in [0.4, 0.5) is 0 Å². The summed E-state index contributed by atoms with van der Waals surface area (Å²) in [4.78, 5) is 0. The van der Waals surface area contributed by atoms with Gasteiger partial charge in [-0.1, -0.05) is 6.92 Å². The maximum atomic E-state index is 6.64. The molecule has 15 atom stereocenters. The van der Waals surface area contributed by atoms with Crippen molar-refractivity contribution in [1.82, 2.24) is 0 Å². The minimum atomic E-state index is -0.953. The van der Waals surface area contributed by atoms with E-state index in [1.54, 1.807) is 64.0 Å². The molecule has 3 fully saturated rings. The van der Waals surface area contributed by atoms with Crippen molar-refractivity contribution in [2.75, 3.05) is 90.9 Å². The SMILES string of the molecule is COCC1O[C@H](OC)C(OC)C(OC)[C@@H]1O[C@H]1OC(COC)[C@@H](O[C@@H]2OC(COC)[C@H](C)[C@H](OC)C2OC)C(OC)C1OC. The zero-order valence-corrected chi connectivity index (χ0v) is 27.9. The van der Waals surface area contributed by atoms with Crippen LogP contribution in [-0.4, -0.2) is 177 Å². The van der Waals surface area contributed by atoms with Crippen molar-refractivity contribution in [2.24, 2.45) is 5.92 Å². The molecule has 0 aromatic rings. The zero-order chi connectivity index (χ0) is 32.4. The fraction of sp³-hybridized carbons (Fsp3) is 1.00. The van der Waals surface area contributed by atoms with Gasteiger partial charge < -0.3 is 71.1 Å². The number of rotatable bonds is 17. The third-order valence-electron chi connectivity index (χ3n) is 8.63. The van der Waals surface area contributed by atoms with Gasteiger partial charge >= 0.3 is 0 Å². The monoisotopic (exact) mass is 642 g/mol. The maximum Gasteiger partial charge on any atom is 0.187 e. The average molecular weight is 643 g/mol. The summed E-state index contributed by atoms with van der Waals surface area (Å²) in [5, 5.41) is 0. The summed E-state index contributed by atoms with van der Waals surface area (Å²) in [6.45, 7) is 2.73. The highest BCUT2D eigenvalue weighted by Gasteiger charge is 2.55. The largest absolute Gasteiger partial charge is 0.382 e. The van der Waals surface area contributed by atoms with Crippen LogP contribution >= 0.6 is 0 Å². The molecular formula is C29H54O15. The summed E-state index contributed by atoms with van der Waals surface area (Å²) >= 11 is 0. The molecule has 0 saturated carbocycles. The molecule has 0 radical (unpaired) electrons. The molecule has 3 aliphatic rings. The van der Waals surface area contributed by atoms with Crippen molar-refractivity contribution in [3.63, 3.8) is 0 Å². The lowest BCUT2D eigenvalue weighted by molar-refractivity contribution is -0.383. The van der Waals surface area contributed by atoms with Crippen LogP contribution < -0.4 is 0 Å². The molecule has 15 heteroatoms. The van der Waals surface area contributed by atoms with Gasteiger partial charge in [-0.2, -0.15) is 0 Å². The fourth-order valence-corrected chi connectivity index (χ4v) is 6.42. The van der Waals surface area contributed by atoms with Crippen LogP contribution in [0.5, 0.6) is 0 Å². The van der Waals surface area contributed by atoms with E-state index in [1.165, 1.54) is 7.11 Å². The highest BCUT2D eigenvalue weighted by Crippen LogP contribution is 2.37. The van der Waals surface area contributed by atoms with Crippen LogP contribution in [-0.2, 0) is 71.1 Å². The van der Waals surface area contributed by atoms with Gasteiger partial charge in [0.2, 0.25) is 0 Å². The lowest BCUT2D eigenvalue weighted by Gasteiger charge is -2.51. The van der Waals surface area contributed by atoms with E-state index >= 15 is 0 Å². The molecule has 260 valence electrons. The number of hydrogen-bond acceptors (Lipinski definition) is 15. The van der Waals surface area contributed by atoms with Gasteiger partial charge in [-0.25, -0.2) is 0 Å². The first-order valence-corrected chi connectivity index (χ1v) is 14.8. The second kappa shape index (κ2) is 18.7. The maximum absolute atomic E-state index is 6.64. The Morgan fingerprint density at radius 2 is 0.705 bits per heavy atom. The lowest BCUT2D eigenvalue weighted by atomic mass is 9.90. The Morgan fingerprint density at radius 3 is 1.09 bits per heavy atom. The van der Waals surface area contributed by atoms with Crippen LogP contribution in [0.1, 0.15) is 6.92 Å². The molecule has 3 saturated heterocycles. The minimum Gasteiger partial charge on any atom is -0.382 e. The predicted molar refractivity (Wildman–Crippen MR) is 152 cm³/mol. The van der Waals surface area contributed by atoms with Crippen LogP contribution in [0.15, 0.2) is 0 Å². The molecule has 8 unspecified atom stereocenters. The zero-order valence-electron chi connectivity index (χ0n) is 27.9. The number of methoxy groups -OCH3 is 10. The Morgan fingerprint density at radius 1 is 0.364 bits per heavy atom. The summed E-state index contributed by atoms with van der Waals surface area (Å²) in [6, 6.07) is 0. The first-order chi connectivity index (χ1) is 21.3. The molecule has 0 bridgehead atoms. The van der Waals surface area contributed by atoms with Gasteiger partial charge in [0, 0.05) is 77.0 Å². The molecule has 44 heavy (non-hydrogen) atoms. The van der Waals surface area contributed by atoms with Crippen molar-refractivity contribution < 1.29 is 71.1 Å². The van der Waals surface area contributed by atoms with Crippen molar-refractivity contribution >= 4 is 0 Å². The first kappa shape index (κ1) is 37.9. The van der Waals surface area contributed by atoms with Gasteiger partial charge in [0.15, 0.2) is 18.9 Å². The van der Waals surface area contributed by atoms with E-state index in [9.17, 15) is 0 Å². The molecule has 0 aromatic carbocycles. The molecule has 0 aliphatic carbocycles. The Hall–Kier alpha value is -0.600. The van der Waals surface area contributed by atoms with Crippen LogP contribution in [0.3, 0.4) is 0 Å². The van der Waals surface area contributed by atoms with Crippen molar-refractivity contribution in [1.29, 1.82) is 0 Å². The Bertz CT molecular complexity index is 794. The summed E-state index contributed by atoms with van der Waals surface area (Å²) in [7, 11) is 15.8. The summed E-state index contributed by atoms with van der Waals surface area (Å²) in [5.74, 6) is -0.0232. The van der Waals surface area contributed by atoms with E-state index in [0.29, 0.717) is 6.61 Å². The molecule has 3 aliphatic heterocycles. The molecule has 15 nitrogen and oxygen atoms in total. The predicted octanol–water partition coefficient (Wildman–Crippen LogP) is 0.243. The van der Waals surface area contributed by atoms with Gasteiger partial charge in [-0.3, -0.25) is 0 Å². The smallest absolute Gasteiger partial charge is 0.187 e. The van der Waals surface area contributed by atoms with E-state index in [-0.39, 0.29) is 31.3 Å². The second-order valence-electron chi connectivity index (χ2n) is 11.0. The van der Waals surface area contributed by atoms with Crippen molar-refractivity contribution in [3.8, 4) is 0 Å². The van der Waals surface area contributed by atoms with Gasteiger partial charge in [-0.05, 0) is 0 Å². The highest BCUT2D eigenvalue weighted by atomic mass is 16.8. The third-order valence-corrected chi connectivity index (χ3v) is 8.63. The first-order valence-electron chi connectivity index (χ1n) is 14.8. The van der Waals surface area contributed by atoms with Crippen molar-refractivity contribution in [3.05, 3.63) is 0 Å². The summed E-state index contributed by atoms with van der Waals surface area (Å²) in [5.41, 5.74) is 0. The Labute approximate surface area is 261 Å². The lowest BCUT2D eigenvalue weighted by Crippen LogP contribution is -2.67. The fourth-order valence-electron chi connectivity index (χ4n) is 6.42. The van der Waals surface area contributed by atoms with Crippen LogP contribution in [0, 0.1) is 5.92 Å². The standard InChI is InChI=1S/C29H54O15/c1-15-16(12-30-2)40-28(24(36-8)19(15)33-5)43-21-18(14-32-4)42-29(26(38-10)23(21)35-7)44-20-17(13-31-3)41-27(39-11)25(37-9)22(20)34-6/h15-29H,12-14H2,1-11H3/t15-,16?,17?,18?,19-,20+,21+,22?,23?,24?,25?,26?,27-,28-,29+/m0/s1. The summed E-state index contributed by atoms with van der Waals surface area (Å²) in [6.07, 6.45) is -8.96. The van der Waals surface area contributed by atoms with Gasteiger partial charge in [0.05, 0.1) is 32.0 Å². The topological polar surface area (TPSA) is 138 Å². The van der Waals surface area contributed by atoms with Gasteiger partial charge in [0.1, 0.15) is 54.9 Å². The number of hydrogen-bond donors (Lipinski definition) is 0. The minimum absolute atomic E-state index is 0.0232. The van der Waals surface area contributed by atoms with E-state index < -0.39 is 73.8 Å². The van der Waals surface area contributed by atoms with Gasteiger partial charge in [0.25, 0.3) is 0 Å². The normalized spacial score (nSPS) is 43.3. The molecule has 0 amide bonds. The Balaban J connectivity index is 1.91. The van der Waals surface area contributed by atoms with Crippen LogP contribution in [0.2, 0.25) is 0 Å². The van der Waals surface area contributed by atoms with E-state index in [2.05, 4.69) is 0 Å². The van der Waals surface area contributed by atoms with Gasteiger partial charge in [-0.15, -0.1) is 0 Å². The van der Waals surface area contributed by atoms with Crippen LogP contribution in [0.25, 0.3) is 0 Å². The average Bonchev–Trinajstić information content (AvgIpc) is 3.03. The molecular weight excluding hydrogens is 588 g/mol. The molecule has 0 spiro atoms. The molecule has 3 rings (SSSR count). The van der Waals surface area contributed by atoms with Crippen molar-refractivity contribution in [2.45, 2.75) is 92.9 Å². The second-order valence-corrected chi connectivity index (χ2v) is 11.0. The third kappa shape index (κ3) is 8.27. The molecule has 0 N–H and O–H groups in total. The molecule has 0 aromatic heterocycles. The van der Waals surface area contributed by atoms with E-state index in [4.69, 9.17) is 71.1 Å². The van der Waals surface area contributed by atoms with E-state index in [0.717, 1.165) is 0 Å². The summed E-state index contributed by atoms with van der Waals surface area (Å²) < 4.78 is 89.5.